The number of rotatable bonds is 5. The van der Waals surface area contributed by atoms with Gasteiger partial charge in [0.25, 0.3) is 5.50 Å². The van der Waals surface area contributed by atoms with Crippen LogP contribution in [0.25, 0.3) is 0 Å². The number of nitrogens with zero attached hydrogens (tertiary/aromatic N) is 1. The highest BCUT2D eigenvalue weighted by atomic mass is 32.2. The standard InChI is InChI=1S/C12H18F5NO3S2/c13-10(23(19,20)21)11(14,15)12(16,17)22-18-6-5-8-3-1-2-4-9(8)7-18/h8-10H,1-7H2,(H,19,20,21). The van der Waals surface area contributed by atoms with Crippen LogP contribution in [0.3, 0.4) is 0 Å². The molecule has 0 bridgehead atoms. The van der Waals surface area contributed by atoms with E-state index in [0.29, 0.717) is 12.3 Å². The van der Waals surface area contributed by atoms with Crippen molar-refractivity contribution in [3.05, 3.63) is 0 Å². The molecule has 2 aliphatic rings. The van der Waals surface area contributed by atoms with Gasteiger partial charge in [0.15, 0.2) is 0 Å². The Labute approximate surface area is 135 Å². The topological polar surface area (TPSA) is 57.6 Å². The maximum absolute atomic E-state index is 13.7. The fourth-order valence-electron chi connectivity index (χ4n) is 3.19. The summed E-state index contributed by atoms with van der Waals surface area (Å²) in [5.74, 6) is -5.01. The zero-order valence-corrected chi connectivity index (χ0v) is 13.7. The number of alkyl halides is 5. The Morgan fingerprint density at radius 2 is 1.65 bits per heavy atom. The molecule has 1 saturated heterocycles. The third-order valence-corrected chi connectivity index (χ3v) is 6.34. The Balaban J connectivity index is 2.05. The second-order valence-corrected chi connectivity index (χ2v) is 8.70. The maximum atomic E-state index is 13.7. The van der Waals surface area contributed by atoms with Gasteiger partial charge in [0, 0.05) is 25.0 Å². The van der Waals surface area contributed by atoms with E-state index >= 15 is 0 Å². The van der Waals surface area contributed by atoms with Crippen LogP contribution in [-0.4, -0.2) is 47.0 Å². The Kier molecular flexibility index (Phi) is 5.54. The van der Waals surface area contributed by atoms with Gasteiger partial charge in [0.05, 0.1) is 0 Å². The lowest BCUT2D eigenvalue weighted by atomic mass is 9.76. The van der Waals surface area contributed by atoms with Gasteiger partial charge < -0.3 is 0 Å². The highest BCUT2D eigenvalue weighted by Crippen LogP contribution is 2.50. The molecule has 3 unspecified atom stereocenters. The molecule has 1 aliphatic carbocycles. The Hall–Kier alpha value is -0.130. The van der Waals surface area contributed by atoms with E-state index in [1.165, 1.54) is 0 Å². The number of hydrogen-bond acceptors (Lipinski definition) is 4. The van der Waals surface area contributed by atoms with Crippen molar-refractivity contribution in [3.8, 4) is 0 Å². The summed E-state index contributed by atoms with van der Waals surface area (Å²) in [5.41, 5.74) is -4.37. The minimum atomic E-state index is -5.93. The van der Waals surface area contributed by atoms with Crippen LogP contribution in [0.1, 0.15) is 32.1 Å². The predicted octanol–water partition coefficient (Wildman–Crippen LogP) is 3.56. The molecule has 0 aromatic carbocycles. The van der Waals surface area contributed by atoms with Gasteiger partial charge in [-0.1, -0.05) is 19.3 Å². The third kappa shape index (κ3) is 4.10. The van der Waals surface area contributed by atoms with E-state index in [0.717, 1.165) is 30.0 Å². The molecule has 0 radical (unpaired) electrons. The largest absolute Gasteiger partial charge is 0.373 e. The number of hydrogen-bond donors (Lipinski definition) is 1. The molecule has 2 rings (SSSR count). The van der Waals surface area contributed by atoms with Crippen LogP contribution in [0, 0.1) is 11.8 Å². The van der Waals surface area contributed by atoms with Gasteiger partial charge in [-0.3, -0.25) is 4.55 Å². The summed E-state index contributed by atoms with van der Waals surface area (Å²) in [6, 6.07) is 0. The first kappa shape index (κ1) is 19.2. The molecule has 1 saturated carbocycles. The lowest BCUT2D eigenvalue weighted by Gasteiger charge is -2.42. The summed E-state index contributed by atoms with van der Waals surface area (Å²) in [6.07, 6.45) is 4.45. The summed E-state index contributed by atoms with van der Waals surface area (Å²) in [5, 5.41) is -4.98. The molecule has 136 valence electrons. The Morgan fingerprint density at radius 1 is 1.09 bits per heavy atom. The number of halogens is 5. The molecule has 0 amide bonds. The van der Waals surface area contributed by atoms with Crippen molar-refractivity contribution in [2.75, 3.05) is 13.1 Å². The van der Waals surface area contributed by atoms with E-state index in [1.54, 1.807) is 0 Å². The first-order valence-corrected chi connectivity index (χ1v) is 9.53. The second kappa shape index (κ2) is 6.64. The highest BCUT2D eigenvalue weighted by Gasteiger charge is 2.67. The van der Waals surface area contributed by atoms with Gasteiger partial charge >= 0.3 is 21.3 Å². The molecule has 23 heavy (non-hydrogen) atoms. The summed E-state index contributed by atoms with van der Waals surface area (Å²) in [4.78, 5) is 0. The predicted molar refractivity (Wildman–Crippen MR) is 75.6 cm³/mol. The molecule has 0 aromatic heterocycles. The van der Waals surface area contributed by atoms with Crippen molar-refractivity contribution in [2.45, 2.75) is 48.8 Å². The van der Waals surface area contributed by atoms with Crippen LogP contribution < -0.4 is 0 Å². The van der Waals surface area contributed by atoms with Crippen LogP contribution in [0.5, 0.6) is 0 Å². The molecule has 0 spiro atoms. The van der Waals surface area contributed by atoms with Crippen LogP contribution in [0.2, 0.25) is 0 Å². The summed E-state index contributed by atoms with van der Waals surface area (Å²) in [7, 11) is -5.93. The van der Waals surface area contributed by atoms with Crippen molar-refractivity contribution in [2.24, 2.45) is 11.8 Å². The zero-order valence-electron chi connectivity index (χ0n) is 12.1. The highest BCUT2D eigenvalue weighted by molar-refractivity contribution is 7.98. The number of piperidine rings is 1. The first-order chi connectivity index (χ1) is 10.4. The van der Waals surface area contributed by atoms with Gasteiger partial charge in [0.2, 0.25) is 0 Å². The minimum absolute atomic E-state index is 0.136. The van der Waals surface area contributed by atoms with E-state index in [9.17, 15) is 30.4 Å². The molecular weight excluding hydrogens is 365 g/mol. The van der Waals surface area contributed by atoms with Gasteiger partial charge in [-0.15, -0.1) is 0 Å². The van der Waals surface area contributed by atoms with Crippen molar-refractivity contribution >= 4 is 22.1 Å². The molecular formula is C12H18F5NO3S2. The van der Waals surface area contributed by atoms with Crippen LogP contribution in [-0.2, 0) is 10.1 Å². The van der Waals surface area contributed by atoms with Crippen molar-refractivity contribution in [3.63, 3.8) is 0 Å². The molecule has 1 aliphatic heterocycles. The average Bonchev–Trinajstić information content (AvgIpc) is 2.44. The monoisotopic (exact) mass is 383 g/mol. The quantitative estimate of drug-likeness (QED) is 0.447. The SMILES string of the molecule is O=S(=O)(O)C(F)C(F)(F)C(F)(F)SN1CCC2CCCCC2C1. The van der Waals surface area contributed by atoms with E-state index < -0.39 is 38.7 Å². The van der Waals surface area contributed by atoms with Gasteiger partial charge in [0.1, 0.15) is 0 Å². The smallest absolute Gasteiger partial charge is 0.283 e. The lowest BCUT2D eigenvalue weighted by Crippen LogP contribution is -2.51. The first-order valence-electron chi connectivity index (χ1n) is 7.25. The third-order valence-electron chi connectivity index (χ3n) is 4.43. The normalized spacial score (nSPS) is 29.1. The Morgan fingerprint density at radius 3 is 2.22 bits per heavy atom. The molecule has 0 aromatic rings. The van der Waals surface area contributed by atoms with E-state index in [-0.39, 0.29) is 19.0 Å². The van der Waals surface area contributed by atoms with E-state index in [2.05, 4.69) is 0 Å². The molecule has 1 N–H and O–H groups in total. The van der Waals surface area contributed by atoms with Crippen LogP contribution in [0.15, 0.2) is 0 Å². The molecule has 4 nitrogen and oxygen atoms in total. The van der Waals surface area contributed by atoms with E-state index in [1.807, 2.05) is 0 Å². The van der Waals surface area contributed by atoms with Crippen molar-refractivity contribution in [1.82, 2.24) is 4.31 Å². The van der Waals surface area contributed by atoms with Crippen LogP contribution in [0.4, 0.5) is 22.0 Å². The van der Waals surface area contributed by atoms with Gasteiger partial charge in [-0.25, -0.2) is 8.70 Å². The fraction of sp³-hybridized carbons (Fsp3) is 1.00. The molecule has 1 heterocycles. The van der Waals surface area contributed by atoms with E-state index in [4.69, 9.17) is 4.55 Å². The lowest BCUT2D eigenvalue weighted by molar-refractivity contribution is -0.174. The van der Waals surface area contributed by atoms with Crippen molar-refractivity contribution < 1.29 is 34.9 Å². The van der Waals surface area contributed by atoms with Crippen molar-refractivity contribution in [1.29, 1.82) is 0 Å². The molecule has 2 fully saturated rings. The second-order valence-electron chi connectivity index (χ2n) is 6.04. The molecule has 3 atom stereocenters. The minimum Gasteiger partial charge on any atom is -0.283 e. The summed E-state index contributed by atoms with van der Waals surface area (Å²) in [6.45, 7) is 0.337. The summed E-state index contributed by atoms with van der Waals surface area (Å²) < 4.78 is 97.8. The fourth-order valence-corrected chi connectivity index (χ4v) is 4.80. The Bertz CT molecular complexity index is 531. The maximum Gasteiger partial charge on any atom is 0.373 e. The summed E-state index contributed by atoms with van der Waals surface area (Å²) >= 11 is -0.536. The van der Waals surface area contributed by atoms with Gasteiger partial charge in [-0.2, -0.15) is 26.0 Å². The zero-order chi connectivity index (χ0) is 17.5. The molecule has 11 heteroatoms. The average molecular weight is 383 g/mol. The van der Waals surface area contributed by atoms with Gasteiger partial charge in [-0.05, 0) is 24.7 Å². The van der Waals surface area contributed by atoms with Crippen LogP contribution >= 0.6 is 11.9 Å². The number of fused-ring (bicyclic) bond motifs is 1.